The molecule has 1 aliphatic rings. The molecule has 1 aliphatic heterocycles. The quantitative estimate of drug-likeness (QED) is 0.758. The Kier molecular flexibility index (Phi) is 5.09. The van der Waals surface area contributed by atoms with Crippen LogP contribution < -0.4 is 0 Å². The van der Waals surface area contributed by atoms with Crippen LogP contribution in [0.1, 0.15) is 27.7 Å². The fraction of sp³-hybridized carbons (Fsp3) is 0.273. The van der Waals surface area contributed by atoms with Gasteiger partial charge < -0.3 is 9.88 Å². The Bertz CT molecular complexity index is 1020. The minimum absolute atomic E-state index is 0.0588. The van der Waals surface area contributed by atoms with Crippen LogP contribution in [0.4, 0.5) is 4.39 Å². The SMILES string of the molecule is N#Cc1c[nH]c2c(C(=O)N3CCN(CC(F)c4ccccc4)CC3)cccc12. The van der Waals surface area contributed by atoms with Crippen LogP contribution in [0.3, 0.4) is 0 Å². The number of aromatic amines is 1. The lowest BCUT2D eigenvalue weighted by molar-refractivity contribution is 0.0604. The van der Waals surface area contributed by atoms with Crippen molar-refractivity contribution in [2.24, 2.45) is 0 Å². The van der Waals surface area contributed by atoms with Crippen molar-refractivity contribution < 1.29 is 9.18 Å². The molecule has 6 heteroatoms. The molecule has 5 nitrogen and oxygen atoms in total. The van der Waals surface area contributed by atoms with Gasteiger partial charge in [0.1, 0.15) is 12.2 Å². The Balaban J connectivity index is 1.41. The number of carbonyl (C=O) groups excluding carboxylic acids is 1. The van der Waals surface area contributed by atoms with Crippen LogP contribution in [0.2, 0.25) is 0 Å². The first-order chi connectivity index (χ1) is 13.7. The Morgan fingerprint density at radius 2 is 1.86 bits per heavy atom. The van der Waals surface area contributed by atoms with E-state index in [-0.39, 0.29) is 5.91 Å². The van der Waals surface area contributed by atoms with Gasteiger partial charge >= 0.3 is 0 Å². The Morgan fingerprint density at radius 3 is 2.57 bits per heavy atom. The van der Waals surface area contributed by atoms with E-state index in [0.29, 0.717) is 54.9 Å². The van der Waals surface area contributed by atoms with Crippen LogP contribution in [0.25, 0.3) is 10.9 Å². The largest absolute Gasteiger partial charge is 0.359 e. The molecule has 0 spiro atoms. The summed E-state index contributed by atoms with van der Waals surface area (Å²) in [5.74, 6) is -0.0588. The van der Waals surface area contributed by atoms with E-state index in [0.717, 1.165) is 5.39 Å². The Hall–Kier alpha value is -3.17. The summed E-state index contributed by atoms with van der Waals surface area (Å²) in [6.07, 6.45) is 0.602. The lowest BCUT2D eigenvalue weighted by Crippen LogP contribution is -2.49. The average molecular weight is 376 g/mol. The van der Waals surface area contributed by atoms with Crippen molar-refractivity contribution in [1.29, 1.82) is 5.26 Å². The Morgan fingerprint density at radius 1 is 1.11 bits per heavy atom. The highest BCUT2D eigenvalue weighted by atomic mass is 19.1. The predicted octanol–water partition coefficient (Wildman–Crippen LogP) is 3.51. The number of rotatable bonds is 4. The molecule has 1 atom stereocenters. The molecule has 0 saturated carbocycles. The second-order valence-corrected chi connectivity index (χ2v) is 7.01. The third-order valence-corrected chi connectivity index (χ3v) is 5.31. The van der Waals surface area contributed by atoms with Gasteiger partial charge in [0.15, 0.2) is 0 Å². The number of aromatic nitrogens is 1. The molecule has 1 aromatic heterocycles. The second-order valence-electron chi connectivity index (χ2n) is 7.01. The third kappa shape index (κ3) is 3.49. The first-order valence-electron chi connectivity index (χ1n) is 9.38. The number of hydrogen-bond acceptors (Lipinski definition) is 3. The maximum atomic E-state index is 14.5. The maximum Gasteiger partial charge on any atom is 0.256 e. The number of carbonyl (C=O) groups is 1. The van der Waals surface area contributed by atoms with Gasteiger partial charge in [0.25, 0.3) is 5.91 Å². The first-order valence-corrected chi connectivity index (χ1v) is 9.38. The van der Waals surface area contributed by atoms with E-state index in [1.807, 2.05) is 24.3 Å². The number of fused-ring (bicyclic) bond motifs is 1. The van der Waals surface area contributed by atoms with E-state index in [4.69, 9.17) is 0 Å². The number of benzene rings is 2. The van der Waals surface area contributed by atoms with E-state index in [1.54, 1.807) is 35.4 Å². The van der Waals surface area contributed by atoms with Crippen LogP contribution in [0.5, 0.6) is 0 Å². The summed E-state index contributed by atoms with van der Waals surface area (Å²) >= 11 is 0. The standard InChI is InChI=1S/C22H21FN4O/c23-20(16-5-2-1-3-6-16)15-26-9-11-27(12-10-26)22(28)19-8-4-7-18-17(13-24)14-25-21(18)19/h1-8,14,20,25H,9-12,15H2. The number of nitriles is 1. The lowest BCUT2D eigenvalue weighted by atomic mass is 10.1. The van der Waals surface area contributed by atoms with E-state index >= 15 is 0 Å². The number of halogens is 1. The molecule has 142 valence electrons. The predicted molar refractivity (Wildman–Crippen MR) is 106 cm³/mol. The van der Waals surface area contributed by atoms with Gasteiger partial charge in [0.05, 0.1) is 16.6 Å². The molecule has 0 aliphatic carbocycles. The van der Waals surface area contributed by atoms with Gasteiger partial charge in [-0.3, -0.25) is 9.69 Å². The van der Waals surface area contributed by atoms with E-state index in [2.05, 4.69) is 16.0 Å². The van der Waals surface area contributed by atoms with Gasteiger partial charge in [-0.15, -0.1) is 0 Å². The summed E-state index contributed by atoms with van der Waals surface area (Å²) in [6, 6.07) is 16.7. The summed E-state index contributed by atoms with van der Waals surface area (Å²) in [6.45, 7) is 2.74. The summed E-state index contributed by atoms with van der Waals surface area (Å²) in [5.41, 5.74) is 2.48. The van der Waals surface area contributed by atoms with Crippen molar-refractivity contribution in [2.75, 3.05) is 32.7 Å². The summed E-state index contributed by atoms with van der Waals surface area (Å²) < 4.78 is 14.5. The fourth-order valence-electron chi connectivity index (χ4n) is 3.72. The van der Waals surface area contributed by atoms with Crippen molar-refractivity contribution in [2.45, 2.75) is 6.17 Å². The number of nitrogens with zero attached hydrogens (tertiary/aromatic N) is 3. The molecular weight excluding hydrogens is 355 g/mol. The van der Waals surface area contributed by atoms with Crippen molar-refractivity contribution in [3.8, 4) is 6.07 Å². The average Bonchev–Trinajstić information content (AvgIpc) is 3.18. The van der Waals surface area contributed by atoms with Crippen LogP contribution >= 0.6 is 0 Å². The van der Waals surface area contributed by atoms with Crippen LogP contribution in [-0.2, 0) is 0 Å². The van der Waals surface area contributed by atoms with Crippen molar-refractivity contribution in [3.05, 3.63) is 71.4 Å². The van der Waals surface area contributed by atoms with Crippen molar-refractivity contribution >= 4 is 16.8 Å². The molecule has 0 radical (unpaired) electrons. The number of amides is 1. The van der Waals surface area contributed by atoms with Crippen LogP contribution in [0, 0.1) is 11.3 Å². The van der Waals surface area contributed by atoms with E-state index in [9.17, 15) is 14.4 Å². The van der Waals surface area contributed by atoms with E-state index in [1.165, 1.54) is 0 Å². The molecule has 1 N–H and O–H groups in total. The highest BCUT2D eigenvalue weighted by Crippen LogP contribution is 2.23. The molecule has 28 heavy (non-hydrogen) atoms. The number of H-pyrrole nitrogens is 1. The molecule has 1 unspecified atom stereocenters. The van der Waals surface area contributed by atoms with Gasteiger partial charge in [0.2, 0.25) is 0 Å². The zero-order valence-electron chi connectivity index (χ0n) is 15.4. The zero-order valence-corrected chi connectivity index (χ0v) is 15.4. The molecule has 0 bridgehead atoms. The summed E-state index contributed by atoms with van der Waals surface area (Å²) in [4.78, 5) is 19.9. The number of para-hydroxylation sites is 1. The third-order valence-electron chi connectivity index (χ3n) is 5.31. The second kappa shape index (κ2) is 7.83. The number of alkyl halides is 1. The number of nitrogens with one attached hydrogen (secondary N) is 1. The molecule has 1 amide bonds. The highest BCUT2D eigenvalue weighted by Gasteiger charge is 2.25. The molecule has 2 heterocycles. The molecule has 4 rings (SSSR count). The van der Waals surface area contributed by atoms with Crippen LogP contribution in [-0.4, -0.2) is 53.4 Å². The number of hydrogen-bond donors (Lipinski definition) is 1. The van der Waals surface area contributed by atoms with Gasteiger partial charge in [-0.05, 0) is 11.6 Å². The normalized spacial score (nSPS) is 16.1. The first kappa shape index (κ1) is 18.2. The molecule has 1 fully saturated rings. The van der Waals surface area contributed by atoms with Gasteiger partial charge in [0, 0.05) is 44.3 Å². The van der Waals surface area contributed by atoms with E-state index < -0.39 is 6.17 Å². The lowest BCUT2D eigenvalue weighted by Gasteiger charge is -2.35. The fourth-order valence-corrected chi connectivity index (χ4v) is 3.72. The Labute approximate surface area is 163 Å². The molecule has 2 aromatic carbocycles. The van der Waals surface area contributed by atoms with Gasteiger partial charge in [-0.25, -0.2) is 4.39 Å². The summed E-state index contributed by atoms with van der Waals surface area (Å²) in [7, 11) is 0. The van der Waals surface area contributed by atoms with Gasteiger partial charge in [-0.1, -0.05) is 42.5 Å². The number of piperazine rings is 1. The molecule has 3 aromatic rings. The van der Waals surface area contributed by atoms with Crippen molar-refractivity contribution in [3.63, 3.8) is 0 Å². The topological polar surface area (TPSA) is 63.1 Å². The highest BCUT2D eigenvalue weighted by molar-refractivity contribution is 6.06. The zero-order chi connectivity index (χ0) is 19.5. The molecule has 1 saturated heterocycles. The van der Waals surface area contributed by atoms with Gasteiger partial charge in [-0.2, -0.15) is 5.26 Å². The monoisotopic (exact) mass is 376 g/mol. The summed E-state index contributed by atoms with van der Waals surface area (Å²) in [5, 5.41) is 9.94. The maximum absolute atomic E-state index is 14.5. The minimum Gasteiger partial charge on any atom is -0.359 e. The van der Waals surface area contributed by atoms with Crippen molar-refractivity contribution in [1.82, 2.24) is 14.8 Å². The van der Waals surface area contributed by atoms with Crippen LogP contribution in [0.15, 0.2) is 54.7 Å². The smallest absolute Gasteiger partial charge is 0.256 e. The molecular formula is C22H21FN4O. The minimum atomic E-state index is -1.03.